The largest absolute Gasteiger partial charge is 0.354 e. The minimum Gasteiger partial charge on any atom is -0.354 e. The summed E-state index contributed by atoms with van der Waals surface area (Å²) < 4.78 is 0. The lowest BCUT2D eigenvalue weighted by molar-refractivity contribution is 0.748. The Morgan fingerprint density at radius 1 is 0.840 bits per heavy atom. The van der Waals surface area contributed by atoms with E-state index >= 15 is 0 Å². The summed E-state index contributed by atoms with van der Waals surface area (Å²) in [7, 11) is 0. The monoisotopic (exact) mass is 348 g/mol. The number of nitrogens with two attached hydrogens (primary N) is 1. The second-order valence-electron chi connectivity index (χ2n) is 6.44. The molecule has 126 valence electrons. The van der Waals surface area contributed by atoms with Crippen molar-refractivity contribution in [3.8, 4) is 11.3 Å². The molecule has 1 heterocycles. The molecular formula is C22H21ClN2. The molecule has 25 heavy (non-hydrogen) atoms. The summed E-state index contributed by atoms with van der Waals surface area (Å²) in [5.74, 6) is 0. The van der Waals surface area contributed by atoms with Gasteiger partial charge in [-0.15, -0.1) is 0 Å². The zero-order chi connectivity index (χ0) is 17.2. The first-order chi connectivity index (χ1) is 12.3. The van der Waals surface area contributed by atoms with Crippen molar-refractivity contribution in [3.63, 3.8) is 0 Å². The molecule has 0 spiro atoms. The molecule has 0 aliphatic carbocycles. The molecule has 3 heteroatoms. The predicted molar refractivity (Wildman–Crippen MR) is 108 cm³/mol. The third-order valence-corrected chi connectivity index (χ3v) is 5.07. The molecule has 0 bridgehead atoms. The lowest BCUT2D eigenvalue weighted by Gasteiger charge is -2.05. The van der Waals surface area contributed by atoms with Crippen molar-refractivity contribution in [2.45, 2.75) is 19.3 Å². The Kier molecular flexibility index (Phi) is 4.48. The number of benzene rings is 3. The summed E-state index contributed by atoms with van der Waals surface area (Å²) in [6, 6.07) is 21.0. The van der Waals surface area contributed by atoms with E-state index in [1.165, 1.54) is 38.5 Å². The maximum atomic E-state index is 6.07. The van der Waals surface area contributed by atoms with Gasteiger partial charge < -0.3 is 10.7 Å². The van der Waals surface area contributed by atoms with Crippen LogP contribution in [0, 0.1) is 0 Å². The van der Waals surface area contributed by atoms with E-state index < -0.39 is 0 Å². The van der Waals surface area contributed by atoms with E-state index in [1.807, 2.05) is 12.1 Å². The second kappa shape index (κ2) is 6.91. The second-order valence-corrected chi connectivity index (χ2v) is 6.88. The normalized spacial score (nSPS) is 11.4. The van der Waals surface area contributed by atoms with Gasteiger partial charge in [0.05, 0.1) is 5.52 Å². The molecule has 0 fully saturated rings. The molecule has 2 nitrogen and oxygen atoms in total. The van der Waals surface area contributed by atoms with Crippen molar-refractivity contribution in [1.29, 1.82) is 0 Å². The van der Waals surface area contributed by atoms with Crippen LogP contribution in [0.4, 0.5) is 0 Å². The first-order valence-corrected chi connectivity index (χ1v) is 9.14. The molecule has 0 aliphatic heterocycles. The van der Waals surface area contributed by atoms with Gasteiger partial charge in [-0.2, -0.15) is 0 Å². The van der Waals surface area contributed by atoms with Crippen LogP contribution >= 0.6 is 11.6 Å². The van der Waals surface area contributed by atoms with Gasteiger partial charge in [-0.3, -0.25) is 0 Å². The number of aromatic amines is 1. The summed E-state index contributed by atoms with van der Waals surface area (Å²) in [6.45, 7) is 0.738. The number of aromatic nitrogens is 1. The molecule has 3 aromatic carbocycles. The van der Waals surface area contributed by atoms with Crippen LogP contribution in [0.1, 0.15) is 18.4 Å². The number of unbranched alkanes of at least 4 members (excludes halogenated alkanes) is 1. The standard InChI is InChI=1S/C22H21ClN2/c23-17-11-8-16(9-12-17)21-19(7-3-4-14-24)20-13-10-15-5-1-2-6-18(15)22(20)25-21/h1-2,5-6,8-13,25H,3-4,7,14,24H2. The summed E-state index contributed by atoms with van der Waals surface area (Å²) in [5.41, 5.74) is 10.7. The Balaban J connectivity index is 1.94. The zero-order valence-electron chi connectivity index (χ0n) is 14.1. The maximum Gasteiger partial charge on any atom is 0.0541 e. The van der Waals surface area contributed by atoms with E-state index in [0.29, 0.717) is 0 Å². The number of fused-ring (bicyclic) bond motifs is 3. The molecule has 0 radical (unpaired) electrons. The van der Waals surface area contributed by atoms with Gasteiger partial charge in [-0.25, -0.2) is 0 Å². The van der Waals surface area contributed by atoms with Crippen LogP contribution < -0.4 is 5.73 Å². The van der Waals surface area contributed by atoms with Gasteiger partial charge in [0.15, 0.2) is 0 Å². The average molecular weight is 349 g/mol. The summed E-state index contributed by atoms with van der Waals surface area (Å²) in [5, 5.41) is 4.59. The van der Waals surface area contributed by atoms with Crippen LogP contribution in [0.15, 0.2) is 60.7 Å². The van der Waals surface area contributed by atoms with Gasteiger partial charge in [0.1, 0.15) is 0 Å². The number of nitrogens with one attached hydrogen (secondary N) is 1. The number of halogens is 1. The highest BCUT2D eigenvalue weighted by Crippen LogP contribution is 2.35. The third-order valence-electron chi connectivity index (χ3n) is 4.82. The highest BCUT2D eigenvalue weighted by molar-refractivity contribution is 6.30. The van der Waals surface area contributed by atoms with E-state index in [4.69, 9.17) is 17.3 Å². The van der Waals surface area contributed by atoms with Gasteiger partial charge in [0.2, 0.25) is 0 Å². The molecule has 1 aromatic heterocycles. The molecular weight excluding hydrogens is 328 g/mol. The predicted octanol–water partition coefficient (Wildman–Crippen LogP) is 5.92. The first kappa shape index (κ1) is 16.2. The summed E-state index contributed by atoms with van der Waals surface area (Å²) >= 11 is 6.07. The summed E-state index contributed by atoms with van der Waals surface area (Å²) in [6.07, 6.45) is 3.16. The first-order valence-electron chi connectivity index (χ1n) is 8.76. The Morgan fingerprint density at radius 2 is 1.64 bits per heavy atom. The van der Waals surface area contributed by atoms with Crippen LogP contribution in [0.3, 0.4) is 0 Å². The minimum atomic E-state index is 0.738. The van der Waals surface area contributed by atoms with E-state index in [1.54, 1.807) is 0 Å². The highest BCUT2D eigenvalue weighted by Gasteiger charge is 2.14. The molecule has 0 atom stereocenters. The zero-order valence-corrected chi connectivity index (χ0v) is 14.8. The molecule has 0 saturated heterocycles. The van der Waals surface area contributed by atoms with Crippen LogP contribution in [0.25, 0.3) is 32.9 Å². The Bertz CT molecular complexity index is 1020. The SMILES string of the molecule is NCCCCc1c(-c2ccc(Cl)cc2)[nH]c2c1ccc1ccccc12. The van der Waals surface area contributed by atoms with E-state index in [-0.39, 0.29) is 0 Å². The lowest BCUT2D eigenvalue weighted by atomic mass is 9.99. The van der Waals surface area contributed by atoms with E-state index in [2.05, 4.69) is 53.5 Å². The number of aryl methyl sites for hydroxylation is 1. The number of H-pyrrole nitrogens is 1. The molecule has 0 unspecified atom stereocenters. The van der Waals surface area contributed by atoms with Gasteiger partial charge in [0, 0.05) is 21.5 Å². The van der Waals surface area contributed by atoms with E-state index in [9.17, 15) is 0 Å². The maximum absolute atomic E-state index is 6.07. The van der Waals surface area contributed by atoms with Crippen molar-refractivity contribution >= 4 is 33.3 Å². The van der Waals surface area contributed by atoms with Gasteiger partial charge in [-0.05, 0) is 54.5 Å². The van der Waals surface area contributed by atoms with Crippen LogP contribution in [0.2, 0.25) is 5.02 Å². The molecule has 0 saturated carbocycles. The Hall–Kier alpha value is -2.29. The quantitative estimate of drug-likeness (QED) is 0.432. The number of hydrogen-bond donors (Lipinski definition) is 2. The third kappa shape index (κ3) is 3.04. The summed E-state index contributed by atoms with van der Waals surface area (Å²) in [4.78, 5) is 3.70. The van der Waals surface area contributed by atoms with Crippen molar-refractivity contribution in [1.82, 2.24) is 4.98 Å². The van der Waals surface area contributed by atoms with Crippen LogP contribution in [-0.4, -0.2) is 11.5 Å². The molecule has 0 aliphatic rings. The number of rotatable bonds is 5. The molecule has 4 aromatic rings. The molecule has 0 amide bonds. The van der Waals surface area contributed by atoms with Gasteiger partial charge >= 0.3 is 0 Å². The molecule has 4 rings (SSSR count). The minimum absolute atomic E-state index is 0.738. The lowest BCUT2D eigenvalue weighted by Crippen LogP contribution is -1.99. The van der Waals surface area contributed by atoms with Crippen molar-refractivity contribution in [2.75, 3.05) is 6.54 Å². The Morgan fingerprint density at radius 3 is 2.44 bits per heavy atom. The van der Waals surface area contributed by atoms with Crippen LogP contribution in [-0.2, 0) is 6.42 Å². The topological polar surface area (TPSA) is 41.8 Å². The molecule has 3 N–H and O–H groups in total. The van der Waals surface area contributed by atoms with E-state index in [0.717, 1.165) is 30.8 Å². The highest BCUT2D eigenvalue weighted by atomic mass is 35.5. The van der Waals surface area contributed by atoms with Crippen molar-refractivity contribution in [3.05, 3.63) is 71.2 Å². The fourth-order valence-electron chi connectivity index (χ4n) is 3.56. The smallest absolute Gasteiger partial charge is 0.0541 e. The van der Waals surface area contributed by atoms with Gasteiger partial charge in [0.25, 0.3) is 0 Å². The fourth-order valence-corrected chi connectivity index (χ4v) is 3.69. The van der Waals surface area contributed by atoms with Crippen molar-refractivity contribution < 1.29 is 0 Å². The Labute approximate surface area is 152 Å². The van der Waals surface area contributed by atoms with Gasteiger partial charge in [-0.1, -0.05) is 60.1 Å². The average Bonchev–Trinajstić information content (AvgIpc) is 3.02. The van der Waals surface area contributed by atoms with Crippen LogP contribution in [0.5, 0.6) is 0 Å². The number of hydrogen-bond acceptors (Lipinski definition) is 1. The van der Waals surface area contributed by atoms with Crippen molar-refractivity contribution in [2.24, 2.45) is 5.73 Å². The fraction of sp³-hybridized carbons (Fsp3) is 0.182.